The van der Waals surface area contributed by atoms with E-state index in [1.807, 2.05) is 32.0 Å². The van der Waals surface area contributed by atoms with E-state index in [0.29, 0.717) is 19.4 Å². The van der Waals surface area contributed by atoms with Crippen molar-refractivity contribution in [3.63, 3.8) is 0 Å². The van der Waals surface area contributed by atoms with Gasteiger partial charge in [0.25, 0.3) is 0 Å². The molecular weight excluding hydrogens is 242 g/mol. The lowest BCUT2D eigenvalue weighted by atomic mass is 9.96. The van der Waals surface area contributed by atoms with E-state index in [2.05, 4.69) is 5.32 Å². The van der Waals surface area contributed by atoms with E-state index in [1.165, 1.54) is 0 Å². The Morgan fingerprint density at radius 3 is 2.68 bits per heavy atom. The molecule has 106 valence electrons. The minimum atomic E-state index is -0.884. The summed E-state index contributed by atoms with van der Waals surface area (Å²) in [6, 6.07) is 6.08. The van der Waals surface area contributed by atoms with Gasteiger partial charge in [-0.05, 0) is 57.9 Å². The lowest BCUT2D eigenvalue weighted by molar-refractivity contribution is -0.144. The monoisotopic (exact) mass is 265 g/mol. The van der Waals surface area contributed by atoms with Gasteiger partial charge in [-0.1, -0.05) is 12.1 Å². The Bertz CT molecular complexity index is 445. The normalized spacial score (nSPS) is 13.9. The van der Waals surface area contributed by atoms with Crippen LogP contribution in [0.25, 0.3) is 0 Å². The molecule has 1 atom stereocenters. The largest absolute Gasteiger partial charge is 0.493 e. The smallest absolute Gasteiger partial charge is 0.323 e. The SMILES string of the molecule is CNC(C)(CCCOc1cc(C)ccc1C)C(=O)O. The van der Waals surface area contributed by atoms with Gasteiger partial charge in [-0.3, -0.25) is 4.79 Å². The number of carboxylic acids is 1. The predicted octanol–water partition coefficient (Wildman–Crippen LogP) is 2.53. The summed E-state index contributed by atoms with van der Waals surface area (Å²) in [7, 11) is 1.67. The van der Waals surface area contributed by atoms with Crippen LogP contribution in [0.3, 0.4) is 0 Å². The van der Waals surface area contributed by atoms with Gasteiger partial charge in [-0.25, -0.2) is 0 Å². The number of benzene rings is 1. The van der Waals surface area contributed by atoms with E-state index >= 15 is 0 Å². The number of hydrogen-bond donors (Lipinski definition) is 2. The third-order valence-corrected chi connectivity index (χ3v) is 3.45. The minimum absolute atomic E-state index is 0.523. The van der Waals surface area contributed by atoms with Crippen molar-refractivity contribution in [2.75, 3.05) is 13.7 Å². The molecule has 0 saturated heterocycles. The van der Waals surface area contributed by atoms with Crippen molar-refractivity contribution in [1.29, 1.82) is 0 Å². The number of ether oxygens (including phenoxy) is 1. The van der Waals surface area contributed by atoms with E-state index in [0.717, 1.165) is 16.9 Å². The van der Waals surface area contributed by atoms with Crippen molar-refractivity contribution in [2.45, 2.75) is 39.2 Å². The van der Waals surface area contributed by atoms with Gasteiger partial charge in [0.15, 0.2) is 0 Å². The summed E-state index contributed by atoms with van der Waals surface area (Å²) < 4.78 is 5.72. The van der Waals surface area contributed by atoms with E-state index in [4.69, 9.17) is 9.84 Å². The van der Waals surface area contributed by atoms with Gasteiger partial charge in [0.05, 0.1) is 6.61 Å². The maximum Gasteiger partial charge on any atom is 0.323 e. The number of aryl methyl sites for hydroxylation is 2. The summed E-state index contributed by atoms with van der Waals surface area (Å²) in [5.41, 5.74) is 1.37. The Hall–Kier alpha value is -1.55. The second-order valence-electron chi connectivity index (χ2n) is 5.11. The average Bonchev–Trinajstić information content (AvgIpc) is 2.38. The van der Waals surface area contributed by atoms with Crippen LogP contribution in [-0.2, 0) is 4.79 Å². The second-order valence-corrected chi connectivity index (χ2v) is 5.11. The molecule has 0 aromatic heterocycles. The summed E-state index contributed by atoms with van der Waals surface area (Å²) in [5.74, 6) is 0.0446. The van der Waals surface area contributed by atoms with Crippen LogP contribution in [0.2, 0.25) is 0 Å². The van der Waals surface area contributed by atoms with Crippen molar-refractivity contribution in [3.8, 4) is 5.75 Å². The summed E-state index contributed by atoms with van der Waals surface area (Å²) in [5, 5.41) is 12.0. The van der Waals surface area contributed by atoms with Crippen molar-refractivity contribution in [2.24, 2.45) is 0 Å². The molecular formula is C15H23NO3. The molecule has 0 aliphatic heterocycles. The highest BCUT2D eigenvalue weighted by Crippen LogP contribution is 2.20. The van der Waals surface area contributed by atoms with Gasteiger partial charge < -0.3 is 15.2 Å². The van der Waals surface area contributed by atoms with Crippen molar-refractivity contribution < 1.29 is 14.6 Å². The Balaban J connectivity index is 2.47. The number of carbonyl (C=O) groups is 1. The topological polar surface area (TPSA) is 58.6 Å². The summed E-state index contributed by atoms with van der Waals surface area (Å²) >= 11 is 0. The molecule has 0 heterocycles. The number of aliphatic carboxylic acids is 1. The minimum Gasteiger partial charge on any atom is -0.493 e. The number of hydrogen-bond acceptors (Lipinski definition) is 3. The Labute approximate surface area is 114 Å². The average molecular weight is 265 g/mol. The highest BCUT2D eigenvalue weighted by atomic mass is 16.5. The zero-order valence-corrected chi connectivity index (χ0v) is 12.1. The Morgan fingerprint density at radius 1 is 1.42 bits per heavy atom. The molecule has 4 nitrogen and oxygen atoms in total. The Kier molecular flexibility index (Phi) is 5.36. The molecule has 1 aromatic carbocycles. The van der Waals surface area contributed by atoms with Crippen molar-refractivity contribution in [1.82, 2.24) is 5.32 Å². The van der Waals surface area contributed by atoms with Gasteiger partial charge in [0, 0.05) is 0 Å². The number of rotatable bonds is 7. The van der Waals surface area contributed by atoms with E-state index in [-0.39, 0.29) is 0 Å². The first kappa shape index (κ1) is 15.5. The van der Waals surface area contributed by atoms with E-state index in [1.54, 1.807) is 14.0 Å². The summed E-state index contributed by atoms with van der Waals surface area (Å²) in [4.78, 5) is 11.1. The van der Waals surface area contributed by atoms with Gasteiger partial charge in [-0.15, -0.1) is 0 Å². The highest BCUT2D eigenvalue weighted by molar-refractivity contribution is 5.78. The molecule has 0 bridgehead atoms. The fraction of sp³-hybridized carbons (Fsp3) is 0.533. The molecule has 0 aliphatic rings. The van der Waals surface area contributed by atoms with Crippen LogP contribution in [0, 0.1) is 13.8 Å². The van der Waals surface area contributed by atoms with Crippen LogP contribution < -0.4 is 10.1 Å². The number of likely N-dealkylation sites (N-methyl/N-ethyl adjacent to an activating group) is 1. The Morgan fingerprint density at radius 2 is 2.11 bits per heavy atom. The first-order chi connectivity index (χ1) is 8.89. The van der Waals surface area contributed by atoms with Gasteiger partial charge in [0.1, 0.15) is 11.3 Å². The molecule has 19 heavy (non-hydrogen) atoms. The molecule has 1 rings (SSSR count). The van der Waals surface area contributed by atoms with Gasteiger partial charge in [-0.2, -0.15) is 0 Å². The van der Waals surface area contributed by atoms with E-state index < -0.39 is 11.5 Å². The third-order valence-electron chi connectivity index (χ3n) is 3.45. The molecule has 0 aliphatic carbocycles. The molecule has 4 heteroatoms. The van der Waals surface area contributed by atoms with Crippen LogP contribution in [0.4, 0.5) is 0 Å². The lowest BCUT2D eigenvalue weighted by Crippen LogP contribution is -2.47. The second kappa shape index (κ2) is 6.57. The van der Waals surface area contributed by atoms with Gasteiger partial charge >= 0.3 is 5.97 Å². The fourth-order valence-corrected chi connectivity index (χ4v) is 1.81. The van der Waals surface area contributed by atoms with Crippen LogP contribution in [0.15, 0.2) is 18.2 Å². The third kappa shape index (κ3) is 4.24. The highest BCUT2D eigenvalue weighted by Gasteiger charge is 2.30. The standard InChI is InChI=1S/C15H23NO3/c1-11-6-7-12(2)13(10-11)19-9-5-8-15(3,16-4)14(17)18/h6-7,10,16H,5,8-9H2,1-4H3,(H,17,18). The number of nitrogens with one attached hydrogen (secondary N) is 1. The fourth-order valence-electron chi connectivity index (χ4n) is 1.81. The predicted molar refractivity (Wildman–Crippen MR) is 75.7 cm³/mol. The van der Waals surface area contributed by atoms with Crippen LogP contribution in [0.1, 0.15) is 30.9 Å². The molecule has 0 fully saturated rings. The van der Waals surface area contributed by atoms with Gasteiger partial charge in [0.2, 0.25) is 0 Å². The lowest BCUT2D eigenvalue weighted by Gasteiger charge is -2.24. The zero-order valence-electron chi connectivity index (χ0n) is 12.1. The van der Waals surface area contributed by atoms with E-state index in [9.17, 15) is 4.79 Å². The first-order valence-electron chi connectivity index (χ1n) is 6.51. The maximum absolute atomic E-state index is 11.1. The van der Waals surface area contributed by atoms with Crippen molar-refractivity contribution >= 4 is 5.97 Å². The summed E-state index contributed by atoms with van der Waals surface area (Å²) in [6.07, 6.45) is 1.22. The molecule has 2 N–H and O–H groups in total. The molecule has 0 spiro atoms. The summed E-state index contributed by atoms with van der Waals surface area (Å²) in [6.45, 7) is 6.24. The quantitative estimate of drug-likeness (QED) is 0.744. The first-order valence-corrected chi connectivity index (χ1v) is 6.51. The maximum atomic E-state index is 11.1. The molecule has 0 saturated carbocycles. The van der Waals surface area contributed by atoms with Crippen molar-refractivity contribution in [3.05, 3.63) is 29.3 Å². The van der Waals surface area contributed by atoms with Crippen LogP contribution >= 0.6 is 0 Å². The molecule has 1 unspecified atom stereocenters. The molecule has 0 amide bonds. The van der Waals surface area contributed by atoms with Crippen LogP contribution in [-0.4, -0.2) is 30.3 Å². The number of carboxylic acid groups (broad SMARTS) is 1. The van der Waals surface area contributed by atoms with Crippen LogP contribution in [0.5, 0.6) is 5.75 Å². The molecule has 0 radical (unpaired) electrons. The molecule has 1 aromatic rings. The zero-order chi connectivity index (χ0) is 14.5.